The van der Waals surface area contributed by atoms with Gasteiger partial charge in [0.05, 0.1) is 22.4 Å². The quantitative estimate of drug-likeness (QED) is 0.126. The zero-order valence-corrected chi connectivity index (χ0v) is 25.0. The largest absolute Gasteiger partial charge is 0.497 e. The summed E-state index contributed by atoms with van der Waals surface area (Å²) in [7, 11) is 1.58. The fraction of sp³-hybridized carbons (Fsp3) is 0.0938. The molecule has 1 atom stereocenters. The number of carbonyl (C=O) groups is 3. The smallest absolute Gasteiger partial charge is 0.272 e. The van der Waals surface area contributed by atoms with Gasteiger partial charge in [0.1, 0.15) is 11.4 Å². The van der Waals surface area contributed by atoms with Gasteiger partial charge in [-0.2, -0.15) is 0 Å². The summed E-state index contributed by atoms with van der Waals surface area (Å²) < 4.78 is 5.15. The van der Waals surface area contributed by atoms with E-state index in [0.717, 1.165) is 4.90 Å². The van der Waals surface area contributed by atoms with Crippen LogP contribution in [0.15, 0.2) is 108 Å². The lowest BCUT2D eigenvalue weighted by atomic mass is 10.1. The molecule has 0 saturated heterocycles. The average Bonchev–Trinajstić information content (AvgIpc) is 3.00. The molecule has 0 fully saturated rings. The number of carbonyl (C=O) groups excluding carboxylic acids is 3. The van der Waals surface area contributed by atoms with Crippen LogP contribution >= 0.6 is 35.0 Å². The van der Waals surface area contributed by atoms with Crippen LogP contribution in [0.2, 0.25) is 10.0 Å². The van der Waals surface area contributed by atoms with Crippen molar-refractivity contribution in [2.45, 2.75) is 17.1 Å². The summed E-state index contributed by atoms with van der Waals surface area (Å²) in [4.78, 5) is 39.9. The summed E-state index contributed by atoms with van der Waals surface area (Å²) in [5.74, 6) is -0.506. The number of amides is 3. The molecule has 0 saturated carbocycles. The molecular weight excluding hydrogens is 593 g/mol. The Balaban J connectivity index is 1.49. The second-order valence-electron chi connectivity index (χ2n) is 8.98. The van der Waals surface area contributed by atoms with Gasteiger partial charge in [-0.15, -0.1) is 11.8 Å². The van der Waals surface area contributed by atoms with Gasteiger partial charge in [-0.1, -0.05) is 59.6 Å². The highest BCUT2D eigenvalue weighted by molar-refractivity contribution is 8.00. The number of hydrogen-bond acceptors (Lipinski definition) is 5. The topological polar surface area (TPSA) is 96.5 Å². The molecule has 42 heavy (non-hydrogen) atoms. The van der Waals surface area contributed by atoms with Crippen LogP contribution in [0.25, 0.3) is 6.08 Å². The number of anilines is 2. The Bertz CT molecular complexity index is 1610. The first-order valence-electron chi connectivity index (χ1n) is 12.8. The predicted molar refractivity (Wildman–Crippen MR) is 170 cm³/mol. The van der Waals surface area contributed by atoms with E-state index < -0.39 is 17.1 Å². The number of benzene rings is 4. The summed E-state index contributed by atoms with van der Waals surface area (Å²) in [6, 6.07) is 27.7. The summed E-state index contributed by atoms with van der Waals surface area (Å²) in [6.45, 7) is 1.80. The first-order chi connectivity index (χ1) is 20.2. The van der Waals surface area contributed by atoms with Crippen LogP contribution in [-0.4, -0.2) is 30.1 Å². The van der Waals surface area contributed by atoms with Gasteiger partial charge >= 0.3 is 0 Å². The van der Waals surface area contributed by atoms with Gasteiger partial charge < -0.3 is 20.7 Å². The van der Waals surface area contributed by atoms with E-state index in [0.29, 0.717) is 33.3 Å². The Hall–Kier alpha value is -4.24. The van der Waals surface area contributed by atoms with Crippen LogP contribution in [0.5, 0.6) is 5.75 Å². The second kappa shape index (κ2) is 14.6. The molecule has 4 aromatic carbocycles. The molecule has 3 N–H and O–H groups in total. The van der Waals surface area contributed by atoms with E-state index in [2.05, 4.69) is 16.0 Å². The summed E-state index contributed by atoms with van der Waals surface area (Å²) in [6.07, 6.45) is 1.47. The van der Waals surface area contributed by atoms with Crippen molar-refractivity contribution >= 4 is 70.1 Å². The van der Waals surface area contributed by atoms with Crippen LogP contribution in [0.4, 0.5) is 11.4 Å². The van der Waals surface area contributed by atoms with Crippen molar-refractivity contribution in [2.75, 3.05) is 17.7 Å². The molecule has 7 nitrogen and oxygen atoms in total. The average molecular weight is 621 g/mol. The second-order valence-corrected chi connectivity index (χ2v) is 11.2. The van der Waals surface area contributed by atoms with E-state index in [1.165, 1.54) is 17.8 Å². The molecule has 0 aliphatic carbocycles. The van der Waals surface area contributed by atoms with Gasteiger partial charge in [-0.25, -0.2) is 0 Å². The van der Waals surface area contributed by atoms with Crippen LogP contribution in [0, 0.1) is 0 Å². The zero-order valence-electron chi connectivity index (χ0n) is 22.7. The van der Waals surface area contributed by atoms with Crippen LogP contribution < -0.4 is 20.7 Å². The van der Waals surface area contributed by atoms with Crippen molar-refractivity contribution in [3.8, 4) is 5.75 Å². The van der Waals surface area contributed by atoms with Gasteiger partial charge in [0.15, 0.2) is 0 Å². The summed E-state index contributed by atoms with van der Waals surface area (Å²) in [5.41, 5.74) is 1.95. The minimum atomic E-state index is -0.567. The number of nitrogens with one attached hydrogen (secondary N) is 3. The van der Waals surface area contributed by atoms with E-state index in [1.807, 2.05) is 6.07 Å². The van der Waals surface area contributed by atoms with Gasteiger partial charge in [0.2, 0.25) is 5.91 Å². The fourth-order valence-electron chi connectivity index (χ4n) is 3.75. The molecule has 0 heterocycles. The van der Waals surface area contributed by atoms with Crippen LogP contribution in [0.3, 0.4) is 0 Å². The highest BCUT2D eigenvalue weighted by Crippen LogP contribution is 2.29. The molecule has 1 unspecified atom stereocenters. The lowest BCUT2D eigenvalue weighted by Gasteiger charge is -2.14. The Morgan fingerprint density at radius 2 is 1.55 bits per heavy atom. The number of hydrogen-bond donors (Lipinski definition) is 3. The molecule has 214 valence electrons. The molecule has 3 amide bonds. The maximum absolute atomic E-state index is 13.4. The molecular formula is C32H27Cl2N3O4S. The van der Waals surface area contributed by atoms with E-state index in [4.69, 9.17) is 27.9 Å². The first-order valence-corrected chi connectivity index (χ1v) is 14.4. The molecule has 0 radical (unpaired) electrons. The highest BCUT2D eigenvalue weighted by atomic mass is 35.5. The molecule has 4 aromatic rings. The van der Waals surface area contributed by atoms with Crippen LogP contribution in [0.1, 0.15) is 22.8 Å². The molecule has 0 spiro atoms. The Labute approximate surface area is 258 Å². The third-order valence-corrected chi connectivity index (χ3v) is 7.87. The van der Waals surface area contributed by atoms with Gasteiger partial charge in [0, 0.05) is 21.8 Å². The minimum absolute atomic E-state index is 0.0293. The standard InChI is InChI=1S/C32H27Cl2N3O4S/c1-20(30(38)35-23-14-16-25(41-2)17-15-23)42-26-12-7-11-24(19-26)36-32(40)28(18-22-10-6-13-27(33)29(22)34)37-31(39)21-8-4-3-5-9-21/h3-20H,1-2H3,(H,35,38)(H,36,40)(H,37,39)/b28-18+. The van der Waals surface area contributed by atoms with Gasteiger partial charge in [-0.3, -0.25) is 14.4 Å². The lowest BCUT2D eigenvalue weighted by molar-refractivity contribution is -0.115. The maximum atomic E-state index is 13.4. The Morgan fingerprint density at radius 3 is 2.26 bits per heavy atom. The molecule has 0 aliphatic rings. The Morgan fingerprint density at radius 1 is 0.833 bits per heavy atom. The third kappa shape index (κ3) is 8.39. The molecule has 10 heteroatoms. The number of rotatable bonds is 10. The number of methoxy groups -OCH3 is 1. The molecule has 0 aliphatic heterocycles. The fourth-order valence-corrected chi connectivity index (χ4v) is 5.04. The van der Waals surface area contributed by atoms with Crippen molar-refractivity contribution in [1.29, 1.82) is 0 Å². The Kier molecular flexibility index (Phi) is 10.7. The first kappa shape index (κ1) is 30.7. The summed E-state index contributed by atoms with van der Waals surface area (Å²) >= 11 is 13.9. The van der Waals surface area contributed by atoms with Crippen molar-refractivity contribution in [1.82, 2.24) is 5.32 Å². The van der Waals surface area contributed by atoms with Crippen molar-refractivity contribution in [2.24, 2.45) is 0 Å². The maximum Gasteiger partial charge on any atom is 0.272 e. The monoisotopic (exact) mass is 619 g/mol. The van der Waals surface area contributed by atoms with Crippen molar-refractivity contribution < 1.29 is 19.1 Å². The number of halogens is 2. The molecule has 0 aromatic heterocycles. The van der Waals surface area contributed by atoms with Crippen LogP contribution in [-0.2, 0) is 9.59 Å². The zero-order chi connectivity index (χ0) is 30.1. The van der Waals surface area contributed by atoms with Crippen molar-refractivity contribution in [3.63, 3.8) is 0 Å². The van der Waals surface area contributed by atoms with Crippen molar-refractivity contribution in [3.05, 3.63) is 124 Å². The number of ether oxygens (including phenoxy) is 1. The normalized spacial score (nSPS) is 11.8. The SMILES string of the molecule is COc1ccc(NC(=O)C(C)Sc2cccc(NC(=O)/C(=C\c3cccc(Cl)c3Cl)NC(=O)c3ccccc3)c2)cc1. The molecule has 4 rings (SSSR count). The van der Waals surface area contributed by atoms with E-state index in [9.17, 15) is 14.4 Å². The third-order valence-electron chi connectivity index (χ3n) is 5.94. The lowest BCUT2D eigenvalue weighted by Crippen LogP contribution is -2.30. The van der Waals surface area contributed by atoms with E-state index in [-0.39, 0.29) is 16.6 Å². The van der Waals surface area contributed by atoms with Gasteiger partial charge in [-0.05, 0) is 79.2 Å². The van der Waals surface area contributed by atoms with E-state index >= 15 is 0 Å². The summed E-state index contributed by atoms with van der Waals surface area (Å²) in [5, 5.41) is 8.53. The van der Waals surface area contributed by atoms with Gasteiger partial charge in [0.25, 0.3) is 11.8 Å². The number of thioether (sulfide) groups is 1. The highest BCUT2D eigenvalue weighted by Gasteiger charge is 2.18. The molecule has 0 bridgehead atoms. The minimum Gasteiger partial charge on any atom is -0.497 e. The predicted octanol–water partition coefficient (Wildman–Crippen LogP) is 7.53. The van der Waals surface area contributed by atoms with E-state index in [1.54, 1.807) is 105 Å².